The van der Waals surface area contributed by atoms with Crippen molar-refractivity contribution in [2.24, 2.45) is 0 Å². The van der Waals surface area contributed by atoms with Gasteiger partial charge >= 0.3 is 0 Å². The van der Waals surface area contributed by atoms with Gasteiger partial charge in [-0.1, -0.05) is 23.1 Å². The average Bonchev–Trinajstić information content (AvgIpc) is 2.87. The van der Waals surface area contributed by atoms with Crippen molar-refractivity contribution in [3.8, 4) is 6.07 Å². The first-order valence-corrected chi connectivity index (χ1v) is 7.22. The fourth-order valence-corrected chi connectivity index (χ4v) is 3.07. The van der Waals surface area contributed by atoms with Crippen LogP contribution in [0.3, 0.4) is 0 Å². The zero-order valence-electron chi connectivity index (χ0n) is 10.4. The van der Waals surface area contributed by atoms with Crippen molar-refractivity contribution in [1.29, 1.82) is 5.26 Å². The van der Waals surface area contributed by atoms with Crippen molar-refractivity contribution in [2.45, 2.75) is 10.1 Å². The van der Waals surface area contributed by atoms with Crippen LogP contribution in [-0.4, -0.2) is 24.3 Å². The predicted octanol–water partition coefficient (Wildman–Crippen LogP) is 2.91. The van der Waals surface area contributed by atoms with Crippen LogP contribution < -0.4 is 4.90 Å². The molecule has 1 aromatic heterocycles. The quantitative estimate of drug-likeness (QED) is 0.812. The molecule has 4 nitrogen and oxygen atoms in total. The Morgan fingerprint density at radius 3 is 2.84 bits per heavy atom. The molecule has 2 rings (SSSR count). The van der Waals surface area contributed by atoms with Crippen LogP contribution in [0.2, 0.25) is 0 Å². The summed E-state index contributed by atoms with van der Waals surface area (Å²) >= 11 is 2.87. The maximum absolute atomic E-state index is 13.6. The first-order valence-electron chi connectivity index (χ1n) is 5.42. The molecule has 0 saturated heterocycles. The van der Waals surface area contributed by atoms with Crippen molar-refractivity contribution in [3.63, 3.8) is 0 Å². The second-order valence-electron chi connectivity index (χ2n) is 3.95. The summed E-state index contributed by atoms with van der Waals surface area (Å²) in [6.07, 6.45) is 0. The predicted molar refractivity (Wildman–Crippen MR) is 74.9 cm³/mol. The normalized spacial score (nSPS) is 10.2. The lowest BCUT2D eigenvalue weighted by Crippen LogP contribution is -2.07. The monoisotopic (exact) mass is 294 g/mol. The fraction of sp³-hybridized carbons (Fsp3) is 0.250. The highest BCUT2D eigenvalue weighted by atomic mass is 32.2. The third-order valence-electron chi connectivity index (χ3n) is 2.30. The third kappa shape index (κ3) is 3.43. The minimum atomic E-state index is -0.302. The first-order chi connectivity index (χ1) is 9.10. The van der Waals surface area contributed by atoms with Gasteiger partial charge in [0.15, 0.2) is 4.34 Å². The SMILES string of the molecule is CN(C)c1nnc(SCc2cc(C#N)ccc2F)s1. The molecule has 1 aromatic carbocycles. The van der Waals surface area contributed by atoms with Crippen molar-refractivity contribution in [1.82, 2.24) is 10.2 Å². The van der Waals surface area contributed by atoms with Gasteiger partial charge in [-0.2, -0.15) is 5.26 Å². The Hall–Kier alpha value is -1.65. The second-order valence-corrected chi connectivity index (χ2v) is 6.13. The van der Waals surface area contributed by atoms with Gasteiger partial charge in [-0.05, 0) is 23.8 Å². The molecule has 0 atom stereocenters. The van der Waals surface area contributed by atoms with E-state index in [-0.39, 0.29) is 5.82 Å². The molecular weight excluding hydrogens is 283 g/mol. The summed E-state index contributed by atoms with van der Waals surface area (Å²) in [6.45, 7) is 0. The standard InChI is InChI=1S/C12H11FN4S2/c1-17(2)11-15-16-12(19-11)18-7-9-5-8(6-14)3-4-10(9)13/h3-5H,7H2,1-2H3. The molecule has 0 amide bonds. The lowest BCUT2D eigenvalue weighted by atomic mass is 10.1. The smallest absolute Gasteiger partial charge is 0.208 e. The highest BCUT2D eigenvalue weighted by Gasteiger charge is 2.09. The van der Waals surface area contributed by atoms with E-state index in [0.717, 1.165) is 9.47 Å². The van der Waals surface area contributed by atoms with Crippen molar-refractivity contribution in [3.05, 3.63) is 35.1 Å². The van der Waals surface area contributed by atoms with Crippen LogP contribution in [0.15, 0.2) is 22.5 Å². The van der Waals surface area contributed by atoms with E-state index in [2.05, 4.69) is 10.2 Å². The molecule has 0 aliphatic heterocycles. The molecule has 0 fully saturated rings. The maximum atomic E-state index is 13.6. The number of halogens is 1. The van der Waals surface area contributed by atoms with Gasteiger partial charge in [-0.15, -0.1) is 10.2 Å². The van der Waals surface area contributed by atoms with Crippen molar-refractivity contribution < 1.29 is 4.39 Å². The van der Waals surface area contributed by atoms with Crippen LogP contribution in [0.5, 0.6) is 0 Å². The Morgan fingerprint density at radius 1 is 1.42 bits per heavy atom. The number of benzene rings is 1. The number of nitriles is 1. The Balaban J connectivity index is 2.07. The molecule has 0 spiro atoms. The first kappa shape index (κ1) is 13.8. The van der Waals surface area contributed by atoms with E-state index in [0.29, 0.717) is 16.9 Å². The largest absolute Gasteiger partial charge is 0.353 e. The van der Waals surface area contributed by atoms with Gasteiger partial charge < -0.3 is 4.90 Å². The summed E-state index contributed by atoms with van der Waals surface area (Å²) in [5.41, 5.74) is 0.967. The van der Waals surface area contributed by atoms with E-state index in [1.807, 2.05) is 25.1 Å². The Kier molecular flexibility index (Phi) is 4.35. The number of anilines is 1. The van der Waals surface area contributed by atoms with E-state index in [4.69, 9.17) is 5.26 Å². The minimum Gasteiger partial charge on any atom is -0.353 e. The topological polar surface area (TPSA) is 52.8 Å². The van der Waals surface area contributed by atoms with E-state index in [9.17, 15) is 4.39 Å². The van der Waals surface area contributed by atoms with Gasteiger partial charge in [0.05, 0.1) is 11.6 Å². The number of aromatic nitrogens is 2. The summed E-state index contributed by atoms with van der Waals surface area (Å²) in [5.74, 6) is 0.132. The Labute approximate surface area is 118 Å². The molecule has 0 unspecified atom stereocenters. The molecular formula is C12H11FN4S2. The number of thioether (sulfide) groups is 1. The molecule has 1 heterocycles. The molecule has 0 aliphatic rings. The van der Waals surface area contributed by atoms with Crippen LogP contribution in [0.25, 0.3) is 0 Å². The third-order valence-corrected chi connectivity index (χ3v) is 4.58. The van der Waals surface area contributed by atoms with E-state index < -0.39 is 0 Å². The van der Waals surface area contributed by atoms with Gasteiger partial charge in [-0.3, -0.25) is 0 Å². The summed E-state index contributed by atoms with van der Waals surface area (Å²) in [5, 5.41) is 17.6. The van der Waals surface area contributed by atoms with Crippen molar-refractivity contribution >= 4 is 28.2 Å². The molecule has 2 aromatic rings. The Bertz CT molecular complexity index is 618. The number of nitrogens with zero attached hydrogens (tertiary/aromatic N) is 4. The van der Waals surface area contributed by atoms with Crippen LogP contribution in [0.4, 0.5) is 9.52 Å². The highest BCUT2D eigenvalue weighted by molar-refractivity contribution is 8.00. The van der Waals surface area contributed by atoms with Crippen LogP contribution in [-0.2, 0) is 5.75 Å². The van der Waals surface area contributed by atoms with Crippen LogP contribution in [0.1, 0.15) is 11.1 Å². The van der Waals surface area contributed by atoms with Gasteiger partial charge in [0.1, 0.15) is 5.82 Å². The number of hydrogen-bond donors (Lipinski definition) is 0. The summed E-state index contributed by atoms with van der Waals surface area (Å²) in [6, 6.07) is 6.36. The number of rotatable bonds is 4. The van der Waals surface area contributed by atoms with Crippen LogP contribution in [0, 0.1) is 17.1 Å². The molecule has 0 N–H and O–H groups in total. The summed E-state index contributed by atoms with van der Waals surface area (Å²) < 4.78 is 14.4. The number of hydrogen-bond acceptors (Lipinski definition) is 6. The summed E-state index contributed by atoms with van der Waals surface area (Å²) in [7, 11) is 3.79. The van der Waals surface area contributed by atoms with E-state index >= 15 is 0 Å². The molecule has 98 valence electrons. The highest BCUT2D eigenvalue weighted by Crippen LogP contribution is 2.30. The molecule has 0 bridgehead atoms. The molecule has 0 saturated carbocycles. The molecule has 7 heteroatoms. The van der Waals surface area contributed by atoms with Gasteiger partial charge in [0, 0.05) is 19.8 Å². The van der Waals surface area contributed by atoms with Gasteiger partial charge in [-0.25, -0.2) is 4.39 Å². The van der Waals surface area contributed by atoms with Gasteiger partial charge in [0.25, 0.3) is 0 Å². The van der Waals surface area contributed by atoms with Gasteiger partial charge in [0.2, 0.25) is 5.13 Å². The molecule has 19 heavy (non-hydrogen) atoms. The minimum absolute atomic E-state index is 0.302. The fourth-order valence-electron chi connectivity index (χ4n) is 1.34. The lowest BCUT2D eigenvalue weighted by molar-refractivity contribution is 0.617. The zero-order chi connectivity index (χ0) is 13.8. The Morgan fingerprint density at radius 2 is 2.21 bits per heavy atom. The average molecular weight is 294 g/mol. The van der Waals surface area contributed by atoms with E-state index in [1.165, 1.54) is 35.2 Å². The molecule has 0 radical (unpaired) electrons. The molecule has 0 aliphatic carbocycles. The maximum Gasteiger partial charge on any atom is 0.208 e. The second kappa shape index (κ2) is 5.99. The summed E-state index contributed by atoms with van der Waals surface area (Å²) in [4.78, 5) is 1.87. The lowest BCUT2D eigenvalue weighted by Gasteiger charge is -2.04. The zero-order valence-corrected chi connectivity index (χ0v) is 12.1. The van der Waals surface area contributed by atoms with Crippen molar-refractivity contribution in [2.75, 3.05) is 19.0 Å². The van der Waals surface area contributed by atoms with Crippen LogP contribution >= 0.6 is 23.1 Å². The van der Waals surface area contributed by atoms with E-state index in [1.54, 1.807) is 6.07 Å².